The molecule has 0 saturated heterocycles. The minimum absolute atomic E-state index is 0.122. The van der Waals surface area contributed by atoms with Crippen LogP contribution in [-0.2, 0) is 7.05 Å². The van der Waals surface area contributed by atoms with E-state index < -0.39 is 5.82 Å². The standard InChI is InChI=1S/C14H11BrFN3O2/c1-6-5-21-13-10-8(3-7(16)11(13)15)17-4-9-12(10)19(6)14(20)18(9)2/h3-4,6H,5H2,1-2H3/t6-/m1/s1. The molecule has 108 valence electrons. The number of nitrogens with zero attached hydrogens (tertiary/aromatic N) is 3. The molecule has 3 heterocycles. The second-order valence-corrected chi connectivity index (χ2v) is 6.05. The summed E-state index contributed by atoms with van der Waals surface area (Å²) in [5.41, 5.74) is 1.81. The fourth-order valence-corrected chi connectivity index (χ4v) is 3.34. The molecule has 1 atom stereocenters. The Morgan fingerprint density at radius 3 is 3.05 bits per heavy atom. The molecule has 0 radical (unpaired) electrons. The smallest absolute Gasteiger partial charge is 0.329 e. The lowest BCUT2D eigenvalue weighted by Gasteiger charge is -2.12. The van der Waals surface area contributed by atoms with Crippen molar-refractivity contribution in [3.8, 4) is 5.75 Å². The third-order valence-corrected chi connectivity index (χ3v) is 4.70. The lowest BCUT2D eigenvalue weighted by atomic mass is 10.1. The third kappa shape index (κ3) is 1.49. The Bertz CT molecular complexity index is 976. The van der Waals surface area contributed by atoms with Gasteiger partial charge in [-0.1, -0.05) is 0 Å². The lowest BCUT2D eigenvalue weighted by Crippen LogP contribution is -2.27. The number of imidazole rings is 1. The van der Waals surface area contributed by atoms with E-state index in [-0.39, 0.29) is 16.2 Å². The van der Waals surface area contributed by atoms with E-state index in [1.807, 2.05) is 6.92 Å². The maximum absolute atomic E-state index is 14.0. The Balaban J connectivity index is 2.38. The van der Waals surface area contributed by atoms with Gasteiger partial charge in [0.2, 0.25) is 0 Å². The molecule has 7 heteroatoms. The Morgan fingerprint density at radius 1 is 1.52 bits per heavy atom. The summed E-state index contributed by atoms with van der Waals surface area (Å²) < 4.78 is 23.3. The molecule has 0 spiro atoms. The van der Waals surface area contributed by atoms with Gasteiger partial charge in [-0.3, -0.25) is 14.1 Å². The van der Waals surface area contributed by atoms with Crippen molar-refractivity contribution in [2.24, 2.45) is 7.05 Å². The van der Waals surface area contributed by atoms with Gasteiger partial charge in [-0.25, -0.2) is 9.18 Å². The SMILES string of the molecule is C[C@@H]1COc2c(Br)c(F)cc3ncc4c(c23)n1c(=O)n4C. The summed E-state index contributed by atoms with van der Waals surface area (Å²) >= 11 is 3.23. The van der Waals surface area contributed by atoms with E-state index in [9.17, 15) is 9.18 Å². The van der Waals surface area contributed by atoms with Gasteiger partial charge in [0.1, 0.15) is 18.2 Å². The van der Waals surface area contributed by atoms with E-state index >= 15 is 0 Å². The monoisotopic (exact) mass is 351 g/mol. The molecule has 0 unspecified atom stereocenters. The van der Waals surface area contributed by atoms with Crippen LogP contribution < -0.4 is 10.4 Å². The van der Waals surface area contributed by atoms with Gasteiger partial charge >= 0.3 is 5.69 Å². The number of benzene rings is 1. The van der Waals surface area contributed by atoms with Crippen LogP contribution >= 0.6 is 15.9 Å². The first-order valence-electron chi connectivity index (χ1n) is 6.51. The summed E-state index contributed by atoms with van der Waals surface area (Å²) in [7, 11) is 1.71. The highest BCUT2D eigenvalue weighted by Gasteiger charge is 2.26. The van der Waals surface area contributed by atoms with Gasteiger partial charge in [0.15, 0.2) is 0 Å². The number of rotatable bonds is 0. The lowest BCUT2D eigenvalue weighted by molar-refractivity contribution is 0.265. The van der Waals surface area contributed by atoms with Crippen molar-refractivity contribution < 1.29 is 9.13 Å². The van der Waals surface area contributed by atoms with Crippen molar-refractivity contribution in [3.63, 3.8) is 0 Å². The van der Waals surface area contributed by atoms with Crippen LogP contribution in [0.25, 0.3) is 21.9 Å². The Labute approximate surface area is 127 Å². The first-order valence-corrected chi connectivity index (χ1v) is 7.30. The molecule has 0 N–H and O–H groups in total. The highest BCUT2D eigenvalue weighted by Crippen LogP contribution is 2.41. The summed E-state index contributed by atoms with van der Waals surface area (Å²) in [5.74, 6) is -0.0180. The predicted molar refractivity (Wildman–Crippen MR) is 80.3 cm³/mol. The van der Waals surface area contributed by atoms with Gasteiger partial charge in [-0.05, 0) is 22.9 Å². The Kier molecular flexibility index (Phi) is 2.48. The second kappa shape index (κ2) is 4.07. The van der Waals surface area contributed by atoms with Crippen molar-refractivity contribution in [2.75, 3.05) is 6.61 Å². The van der Waals surface area contributed by atoms with Crippen molar-refractivity contribution >= 4 is 37.9 Å². The molecule has 21 heavy (non-hydrogen) atoms. The van der Waals surface area contributed by atoms with Crippen LogP contribution in [0.4, 0.5) is 4.39 Å². The van der Waals surface area contributed by atoms with Crippen LogP contribution in [0, 0.1) is 5.82 Å². The van der Waals surface area contributed by atoms with E-state index in [2.05, 4.69) is 20.9 Å². The average molecular weight is 352 g/mol. The van der Waals surface area contributed by atoms with Gasteiger partial charge in [-0.15, -0.1) is 0 Å². The molecule has 0 bridgehead atoms. The maximum Gasteiger partial charge on any atom is 0.329 e. The van der Waals surface area contributed by atoms with Crippen LogP contribution in [0.3, 0.4) is 0 Å². The van der Waals surface area contributed by atoms with Crippen molar-refractivity contribution in [3.05, 3.63) is 33.0 Å². The third-order valence-electron chi connectivity index (χ3n) is 3.97. The summed E-state index contributed by atoms with van der Waals surface area (Å²) in [6.07, 6.45) is 1.60. The van der Waals surface area contributed by atoms with Gasteiger partial charge in [-0.2, -0.15) is 0 Å². The first kappa shape index (κ1) is 12.8. The highest BCUT2D eigenvalue weighted by atomic mass is 79.9. The van der Waals surface area contributed by atoms with Crippen LogP contribution in [0.2, 0.25) is 0 Å². The summed E-state index contributed by atoms with van der Waals surface area (Å²) in [6.45, 7) is 2.20. The molecule has 0 amide bonds. The largest absolute Gasteiger partial charge is 0.489 e. The van der Waals surface area contributed by atoms with E-state index in [0.29, 0.717) is 28.8 Å². The molecule has 0 aliphatic carbocycles. The molecule has 1 aromatic carbocycles. The molecule has 2 aromatic heterocycles. The van der Waals surface area contributed by atoms with Crippen LogP contribution in [0.15, 0.2) is 21.5 Å². The zero-order valence-corrected chi connectivity index (χ0v) is 12.9. The number of aromatic nitrogens is 3. The molecule has 5 nitrogen and oxygen atoms in total. The second-order valence-electron chi connectivity index (χ2n) is 5.26. The fourth-order valence-electron chi connectivity index (χ4n) is 2.91. The summed E-state index contributed by atoms with van der Waals surface area (Å²) in [6, 6.07) is 1.21. The molecular formula is C14H11BrFN3O2. The number of pyridine rings is 1. The van der Waals surface area contributed by atoms with Gasteiger partial charge in [0.05, 0.1) is 38.6 Å². The summed E-state index contributed by atoms with van der Waals surface area (Å²) in [4.78, 5) is 16.7. The molecular weight excluding hydrogens is 341 g/mol. The van der Waals surface area contributed by atoms with E-state index in [1.54, 1.807) is 22.4 Å². The minimum Gasteiger partial charge on any atom is -0.489 e. The van der Waals surface area contributed by atoms with E-state index in [1.165, 1.54) is 6.07 Å². The molecule has 1 aliphatic heterocycles. The number of halogens is 2. The van der Waals surface area contributed by atoms with E-state index in [4.69, 9.17) is 4.74 Å². The minimum atomic E-state index is -0.427. The Morgan fingerprint density at radius 2 is 2.29 bits per heavy atom. The average Bonchev–Trinajstić information content (AvgIpc) is 2.62. The Hall–Kier alpha value is -1.89. The molecule has 3 aromatic rings. The number of hydrogen-bond donors (Lipinski definition) is 0. The van der Waals surface area contributed by atoms with Crippen molar-refractivity contribution in [1.29, 1.82) is 0 Å². The summed E-state index contributed by atoms with van der Waals surface area (Å²) in [5, 5.41) is 0.669. The molecule has 0 saturated carbocycles. The van der Waals surface area contributed by atoms with E-state index in [0.717, 1.165) is 5.52 Å². The van der Waals surface area contributed by atoms with Crippen LogP contribution in [-0.4, -0.2) is 20.7 Å². The maximum atomic E-state index is 14.0. The fraction of sp³-hybridized carbons (Fsp3) is 0.286. The topological polar surface area (TPSA) is 49.1 Å². The predicted octanol–water partition coefficient (Wildman–Crippen LogP) is 2.74. The van der Waals surface area contributed by atoms with Crippen molar-refractivity contribution in [2.45, 2.75) is 13.0 Å². The zero-order chi connectivity index (χ0) is 14.9. The molecule has 4 rings (SSSR count). The van der Waals surface area contributed by atoms with Crippen LogP contribution in [0.1, 0.15) is 13.0 Å². The number of ether oxygens (including phenoxy) is 1. The first-order chi connectivity index (χ1) is 10.0. The van der Waals surface area contributed by atoms with Gasteiger partial charge in [0.25, 0.3) is 0 Å². The number of aryl methyl sites for hydroxylation is 1. The zero-order valence-electron chi connectivity index (χ0n) is 11.4. The molecule has 1 aliphatic rings. The van der Waals surface area contributed by atoms with Crippen LogP contribution in [0.5, 0.6) is 5.75 Å². The number of hydrogen-bond acceptors (Lipinski definition) is 3. The van der Waals surface area contributed by atoms with Gasteiger partial charge in [0, 0.05) is 13.1 Å². The highest BCUT2D eigenvalue weighted by molar-refractivity contribution is 9.10. The van der Waals surface area contributed by atoms with Gasteiger partial charge < -0.3 is 4.74 Å². The van der Waals surface area contributed by atoms with Crippen molar-refractivity contribution in [1.82, 2.24) is 14.1 Å². The normalized spacial score (nSPS) is 17.4. The quantitative estimate of drug-likeness (QED) is 0.625. The molecule has 0 fully saturated rings.